The molecule has 0 amide bonds. The molecule has 2 aliphatic rings. The average molecular weight is 225 g/mol. The SMILES string of the molecule is CNC1CCC(N2CCCC2CN(C)C)C1. The third-order valence-electron chi connectivity index (χ3n) is 4.28. The van der Waals surface area contributed by atoms with E-state index in [0.29, 0.717) is 0 Å². The summed E-state index contributed by atoms with van der Waals surface area (Å²) in [5, 5.41) is 3.44. The van der Waals surface area contributed by atoms with Crippen LogP contribution < -0.4 is 5.32 Å². The van der Waals surface area contributed by atoms with E-state index >= 15 is 0 Å². The van der Waals surface area contributed by atoms with E-state index in [-0.39, 0.29) is 0 Å². The lowest BCUT2D eigenvalue weighted by Crippen LogP contribution is -2.43. The normalized spacial score (nSPS) is 36.4. The standard InChI is InChI=1S/C13H27N3/c1-14-11-6-7-12(9-11)16-8-4-5-13(16)10-15(2)3/h11-14H,4-10H2,1-3H3. The van der Waals surface area contributed by atoms with Crippen LogP contribution in [0, 0.1) is 0 Å². The van der Waals surface area contributed by atoms with Gasteiger partial charge in [0.25, 0.3) is 0 Å². The summed E-state index contributed by atoms with van der Waals surface area (Å²) in [4.78, 5) is 5.13. The van der Waals surface area contributed by atoms with Crippen LogP contribution >= 0.6 is 0 Å². The minimum atomic E-state index is 0.769. The van der Waals surface area contributed by atoms with Gasteiger partial charge < -0.3 is 10.2 Å². The van der Waals surface area contributed by atoms with Crippen molar-refractivity contribution in [1.29, 1.82) is 0 Å². The monoisotopic (exact) mass is 225 g/mol. The van der Waals surface area contributed by atoms with E-state index in [2.05, 4.69) is 36.3 Å². The quantitative estimate of drug-likeness (QED) is 0.774. The minimum Gasteiger partial charge on any atom is -0.317 e. The Hall–Kier alpha value is -0.120. The van der Waals surface area contributed by atoms with Crippen LogP contribution in [0.4, 0.5) is 0 Å². The van der Waals surface area contributed by atoms with Gasteiger partial charge in [0, 0.05) is 24.7 Å². The van der Waals surface area contributed by atoms with Gasteiger partial charge in [0.2, 0.25) is 0 Å². The fourth-order valence-corrected chi connectivity index (χ4v) is 3.48. The number of likely N-dealkylation sites (tertiary alicyclic amines) is 1. The number of hydrogen-bond acceptors (Lipinski definition) is 3. The summed E-state index contributed by atoms with van der Waals surface area (Å²) in [5.74, 6) is 0. The first kappa shape index (κ1) is 12.3. The van der Waals surface area contributed by atoms with E-state index < -0.39 is 0 Å². The molecule has 0 bridgehead atoms. The molecule has 2 rings (SSSR count). The van der Waals surface area contributed by atoms with Crippen molar-refractivity contribution in [1.82, 2.24) is 15.1 Å². The molecule has 2 fully saturated rings. The molecule has 0 radical (unpaired) electrons. The van der Waals surface area contributed by atoms with Gasteiger partial charge in [-0.05, 0) is 59.8 Å². The number of nitrogens with zero attached hydrogens (tertiary/aromatic N) is 2. The summed E-state index contributed by atoms with van der Waals surface area (Å²) in [6.07, 6.45) is 6.93. The zero-order valence-electron chi connectivity index (χ0n) is 11.1. The van der Waals surface area contributed by atoms with E-state index in [9.17, 15) is 0 Å². The van der Waals surface area contributed by atoms with Crippen molar-refractivity contribution in [3.05, 3.63) is 0 Å². The first-order valence-electron chi connectivity index (χ1n) is 6.78. The Morgan fingerprint density at radius 3 is 2.69 bits per heavy atom. The van der Waals surface area contributed by atoms with Crippen molar-refractivity contribution >= 4 is 0 Å². The lowest BCUT2D eigenvalue weighted by molar-refractivity contribution is 0.152. The fraction of sp³-hybridized carbons (Fsp3) is 1.00. The van der Waals surface area contributed by atoms with Crippen molar-refractivity contribution in [2.24, 2.45) is 0 Å². The van der Waals surface area contributed by atoms with Crippen LogP contribution in [0.5, 0.6) is 0 Å². The first-order chi connectivity index (χ1) is 7.70. The molecule has 1 saturated heterocycles. The Bertz CT molecular complexity index is 217. The van der Waals surface area contributed by atoms with E-state index in [1.165, 1.54) is 45.2 Å². The highest BCUT2D eigenvalue weighted by atomic mass is 15.2. The molecule has 3 unspecified atom stereocenters. The molecule has 1 heterocycles. The van der Waals surface area contributed by atoms with Crippen LogP contribution in [0.2, 0.25) is 0 Å². The second-order valence-electron chi connectivity index (χ2n) is 5.75. The molecule has 1 N–H and O–H groups in total. The van der Waals surface area contributed by atoms with E-state index in [1.807, 2.05) is 0 Å². The highest BCUT2D eigenvalue weighted by Crippen LogP contribution is 2.30. The lowest BCUT2D eigenvalue weighted by atomic mass is 10.1. The maximum atomic E-state index is 3.44. The largest absolute Gasteiger partial charge is 0.317 e. The number of nitrogens with one attached hydrogen (secondary N) is 1. The van der Waals surface area contributed by atoms with Crippen molar-refractivity contribution in [3.8, 4) is 0 Å². The van der Waals surface area contributed by atoms with Crippen molar-refractivity contribution in [3.63, 3.8) is 0 Å². The van der Waals surface area contributed by atoms with Gasteiger partial charge in [0.1, 0.15) is 0 Å². The summed E-state index contributed by atoms with van der Waals surface area (Å²) < 4.78 is 0. The average Bonchev–Trinajstić information content (AvgIpc) is 2.84. The summed E-state index contributed by atoms with van der Waals surface area (Å²) in [6.45, 7) is 2.57. The van der Waals surface area contributed by atoms with Crippen molar-refractivity contribution < 1.29 is 0 Å². The van der Waals surface area contributed by atoms with Crippen molar-refractivity contribution in [2.45, 2.75) is 50.2 Å². The Balaban J connectivity index is 1.88. The molecule has 0 aromatic rings. The second-order valence-corrected chi connectivity index (χ2v) is 5.75. The van der Waals surface area contributed by atoms with Crippen LogP contribution in [0.15, 0.2) is 0 Å². The lowest BCUT2D eigenvalue weighted by Gasteiger charge is -2.32. The molecule has 16 heavy (non-hydrogen) atoms. The zero-order chi connectivity index (χ0) is 11.5. The molecule has 1 aliphatic carbocycles. The third kappa shape index (κ3) is 2.76. The first-order valence-corrected chi connectivity index (χ1v) is 6.78. The predicted octanol–water partition coefficient (Wildman–Crippen LogP) is 1.15. The number of hydrogen-bond donors (Lipinski definition) is 1. The molecule has 1 saturated carbocycles. The van der Waals surface area contributed by atoms with Gasteiger partial charge in [0.05, 0.1) is 0 Å². The molecule has 1 aliphatic heterocycles. The number of rotatable bonds is 4. The van der Waals surface area contributed by atoms with Crippen LogP contribution in [0.1, 0.15) is 32.1 Å². The molecule has 0 aromatic heterocycles. The maximum Gasteiger partial charge on any atom is 0.0226 e. The molecule has 3 heteroatoms. The third-order valence-corrected chi connectivity index (χ3v) is 4.28. The van der Waals surface area contributed by atoms with Gasteiger partial charge >= 0.3 is 0 Å². The van der Waals surface area contributed by atoms with E-state index in [0.717, 1.165) is 18.1 Å². The zero-order valence-corrected chi connectivity index (χ0v) is 11.1. The van der Waals surface area contributed by atoms with E-state index in [4.69, 9.17) is 0 Å². The van der Waals surface area contributed by atoms with E-state index in [1.54, 1.807) is 0 Å². The van der Waals surface area contributed by atoms with Crippen LogP contribution in [0.3, 0.4) is 0 Å². The molecule has 94 valence electrons. The molecular weight excluding hydrogens is 198 g/mol. The Morgan fingerprint density at radius 1 is 1.25 bits per heavy atom. The minimum absolute atomic E-state index is 0.769. The summed E-state index contributed by atoms with van der Waals surface area (Å²) in [7, 11) is 6.50. The molecule has 0 spiro atoms. The predicted molar refractivity (Wildman–Crippen MR) is 68.8 cm³/mol. The molecule has 3 nitrogen and oxygen atoms in total. The van der Waals surface area contributed by atoms with Gasteiger partial charge in [-0.2, -0.15) is 0 Å². The summed E-state index contributed by atoms with van der Waals surface area (Å²) in [6, 6.07) is 2.44. The van der Waals surface area contributed by atoms with Gasteiger partial charge in [-0.25, -0.2) is 0 Å². The highest BCUT2D eigenvalue weighted by Gasteiger charge is 2.35. The fourth-order valence-electron chi connectivity index (χ4n) is 3.48. The maximum absolute atomic E-state index is 3.44. The highest BCUT2D eigenvalue weighted by molar-refractivity contribution is 4.92. The number of likely N-dealkylation sites (N-methyl/N-ethyl adjacent to an activating group) is 1. The van der Waals surface area contributed by atoms with Crippen LogP contribution in [-0.2, 0) is 0 Å². The van der Waals surface area contributed by atoms with Crippen LogP contribution in [-0.4, -0.2) is 62.2 Å². The summed E-state index contributed by atoms with van der Waals surface area (Å²) >= 11 is 0. The van der Waals surface area contributed by atoms with Gasteiger partial charge in [0.15, 0.2) is 0 Å². The van der Waals surface area contributed by atoms with Crippen LogP contribution in [0.25, 0.3) is 0 Å². The second kappa shape index (κ2) is 5.48. The Morgan fingerprint density at radius 2 is 2.06 bits per heavy atom. The molecular formula is C13H27N3. The topological polar surface area (TPSA) is 18.5 Å². The molecule has 0 aromatic carbocycles. The Kier molecular flexibility index (Phi) is 4.22. The molecule has 3 atom stereocenters. The van der Waals surface area contributed by atoms with Gasteiger partial charge in [-0.3, -0.25) is 4.90 Å². The van der Waals surface area contributed by atoms with Crippen molar-refractivity contribution in [2.75, 3.05) is 34.2 Å². The smallest absolute Gasteiger partial charge is 0.0226 e. The van der Waals surface area contributed by atoms with Gasteiger partial charge in [-0.15, -0.1) is 0 Å². The summed E-state index contributed by atoms with van der Waals surface area (Å²) in [5.41, 5.74) is 0. The van der Waals surface area contributed by atoms with Gasteiger partial charge in [-0.1, -0.05) is 0 Å². The Labute approximate surface area is 100 Å².